The van der Waals surface area contributed by atoms with Crippen LogP contribution in [0.25, 0.3) is 0 Å². The third-order valence-electron chi connectivity index (χ3n) is 2.96. The van der Waals surface area contributed by atoms with Crippen molar-refractivity contribution >= 4 is 19.0 Å². The first-order valence-electron chi connectivity index (χ1n) is 7.02. The van der Waals surface area contributed by atoms with Crippen molar-refractivity contribution < 1.29 is 83.4 Å². The summed E-state index contributed by atoms with van der Waals surface area (Å²) in [6.07, 6.45) is -1.18. The number of esters is 1. The minimum Gasteiger partial charge on any atom is -0.463 e. The van der Waals surface area contributed by atoms with E-state index in [1.807, 2.05) is 0 Å². The minimum atomic E-state index is -5.30. The van der Waals surface area contributed by atoms with Gasteiger partial charge in [-0.25, -0.2) is 9.59 Å². The van der Waals surface area contributed by atoms with Gasteiger partial charge >= 0.3 is 70.4 Å². The third-order valence-corrected chi connectivity index (χ3v) is 2.96. The van der Waals surface area contributed by atoms with Crippen LogP contribution >= 0.6 is 0 Å². The molecule has 0 atom stereocenters. The summed E-state index contributed by atoms with van der Waals surface area (Å²) >= 11 is 0. The van der Waals surface area contributed by atoms with Gasteiger partial charge in [-0.3, -0.25) is 0 Å². The molecule has 0 spiro atoms. The van der Waals surface area contributed by atoms with E-state index in [9.17, 15) is 22.5 Å². The fourth-order valence-corrected chi connectivity index (χ4v) is 2.04. The zero-order chi connectivity index (χ0) is 17.1. The van der Waals surface area contributed by atoms with Crippen molar-refractivity contribution in [2.24, 2.45) is 0 Å². The van der Waals surface area contributed by atoms with E-state index < -0.39 is 48.7 Å². The maximum atomic E-state index is 13.1. The van der Waals surface area contributed by atoms with Crippen molar-refractivity contribution in [2.45, 2.75) is 39.7 Å². The standard InChI is InChI=1S/C13H20BF3NO4.K/c1-5-21-11(19)9-8-18(12(20)22-13(2,3)4)7-6-10(9)14(15,16)17;/h5-8H2,1-4H3;/q-1;+1. The number of halogens is 3. The second-order valence-corrected chi connectivity index (χ2v) is 5.95. The van der Waals surface area contributed by atoms with Gasteiger partial charge in [-0.15, -0.1) is 5.47 Å². The molecular weight excluding hydrogens is 341 g/mol. The van der Waals surface area contributed by atoms with Crippen LogP contribution in [0.4, 0.5) is 17.7 Å². The molecule has 10 heteroatoms. The van der Waals surface area contributed by atoms with Crippen molar-refractivity contribution in [3.63, 3.8) is 0 Å². The molecule has 0 saturated heterocycles. The molecule has 1 aliphatic heterocycles. The van der Waals surface area contributed by atoms with Crippen molar-refractivity contribution in [3.8, 4) is 0 Å². The van der Waals surface area contributed by atoms with Crippen LogP contribution in [0.5, 0.6) is 0 Å². The van der Waals surface area contributed by atoms with E-state index in [1.165, 1.54) is 6.92 Å². The van der Waals surface area contributed by atoms with Crippen LogP contribution in [-0.4, -0.2) is 49.2 Å². The molecule has 5 nitrogen and oxygen atoms in total. The fourth-order valence-electron chi connectivity index (χ4n) is 2.04. The molecule has 0 N–H and O–H groups in total. The summed E-state index contributed by atoms with van der Waals surface area (Å²) in [6.45, 7) is 0.536. The summed E-state index contributed by atoms with van der Waals surface area (Å²) in [6, 6.07) is 0. The van der Waals surface area contributed by atoms with Gasteiger partial charge in [0, 0.05) is 12.1 Å². The number of carbonyl (C=O) groups excluding carboxylic acids is 2. The van der Waals surface area contributed by atoms with Crippen LogP contribution in [0.15, 0.2) is 11.0 Å². The first-order valence-corrected chi connectivity index (χ1v) is 7.02. The van der Waals surface area contributed by atoms with E-state index >= 15 is 0 Å². The van der Waals surface area contributed by atoms with E-state index in [0.29, 0.717) is 0 Å². The maximum absolute atomic E-state index is 13.1. The molecule has 0 aliphatic carbocycles. The Balaban J connectivity index is 0.00000484. The van der Waals surface area contributed by atoms with E-state index in [1.54, 1.807) is 20.8 Å². The van der Waals surface area contributed by atoms with Crippen LogP contribution < -0.4 is 51.4 Å². The summed E-state index contributed by atoms with van der Waals surface area (Å²) in [5.74, 6) is -1.04. The summed E-state index contributed by atoms with van der Waals surface area (Å²) in [5.41, 5.74) is -2.15. The van der Waals surface area contributed by atoms with Crippen LogP contribution in [-0.2, 0) is 14.3 Å². The molecule has 0 saturated carbocycles. The van der Waals surface area contributed by atoms with Crippen molar-refractivity contribution in [2.75, 3.05) is 19.7 Å². The molecule has 0 radical (unpaired) electrons. The maximum Gasteiger partial charge on any atom is 1.00 e. The Hall–Kier alpha value is -0.0287. The molecule has 23 heavy (non-hydrogen) atoms. The minimum absolute atomic E-state index is 0. The second-order valence-electron chi connectivity index (χ2n) is 5.95. The topological polar surface area (TPSA) is 55.8 Å². The molecule has 1 rings (SSSR count). The molecule has 0 aromatic rings. The molecule has 0 unspecified atom stereocenters. The Kier molecular flexibility index (Phi) is 8.88. The smallest absolute Gasteiger partial charge is 0.463 e. The molecular formula is C13H20BF3KNO4. The second kappa shape index (κ2) is 8.89. The number of amides is 1. The molecule has 1 heterocycles. The quantitative estimate of drug-likeness (QED) is 0.520. The van der Waals surface area contributed by atoms with E-state index in [2.05, 4.69) is 4.74 Å². The molecule has 0 aromatic carbocycles. The molecule has 0 bridgehead atoms. The Morgan fingerprint density at radius 2 is 1.83 bits per heavy atom. The average Bonchev–Trinajstić information content (AvgIpc) is 2.35. The van der Waals surface area contributed by atoms with Gasteiger partial charge in [-0.2, -0.15) is 0 Å². The molecule has 0 fully saturated rings. The number of nitrogens with zero attached hydrogens (tertiary/aromatic N) is 1. The van der Waals surface area contributed by atoms with Gasteiger partial charge in [-0.05, 0) is 34.1 Å². The van der Waals surface area contributed by atoms with Crippen molar-refractivity contribution in [1.29, 1.82) is 0 Å². The van der Waals surface area contributed by atoms with Gasteiger partial charge < -0.3 is 27.3 Å². The molecule has 1 amide bonds. The number of ether oxygens (including phenoxy) is 2. The molecule has 1 aliphatic rings. The zero-order valence-electron chi connectivity index (χ0n) is 14.1. The van der Waals surface area contributed by atoms with Crippen LogP contribution in [0.2, 0.25) is 0 Å². The monoisotopic (exact) mass is 361 g/mol. The first kappa shape index (κ1) is 23.0. The fraction of sp³-hybridized carbons (Fsp3) is 0.692. The summed E-state index contributed by atoms with van der Waals surface area (Å²) in [5, 5.41) is 0. The number of carbonyl (C=O) groups is 2. The van der Waals surface area contributed by atoms with E-state index in [0.717, 1.165) is 4.90 Å². The Morgan fingerprint density at radius 1 is 1.26 bits per heavy atom. The van der Waals surface area contributed by atoms with Crippen molar-refractivity contribution in [1.82, 2.24) is 4.90 Å². The number of hydrogen-bond donors (Lipinski definition) is 0. The average molecular weight is 361 g/mol. The first-order chi connectivity index (χ1) is 9.95. The van der Waals surface area contributed by atoms with Gasteiger partial charge in [0.2, 0.25) is 0 Å². The summed E-state index contributed by atoms with van der Waals surface area (Å²) in [4.78, 5) is 24.8. The van der Waals surface area contributed by atoms with Crippen LogP contribution in [0, 0.1) is 0 Å². The largest absolute Gasteiger partial charge is 1.00 e. The SMILES string of the molecule is CCOC(=O)C1=C([B-](F)(F)F)CCN(C(=O)OC(C)(C)C)C1.[K+]. The van der Waals surface area contributed by atoms with Gasteiger partial charge in [0.15, 0.2) is 0 Å². The Labute approximate surface area is 176 Å². The Morgan fingerprint density at radius 3 is 2.26 bits per heavy atom. The van der Waals surface area contributed by atoms with Gasteiger partial charge in [0.25, 0.3) is 0 Å². The summed E-state index contributed by atoms with van der Waals surface area (Å²) < 4.78 is 49.0. The normalized spacial score (nSPS) is 15.9. The van der Waals surface area contributed by atoms with E-state index in [-0.39, 0.29) is 64.5 Å². The Bertz CT molecular complexity index is 489. The molecule has 0 aromatic heterocycles. The predicted molar refractivity (Wildman–Crippen MR) is 75.2 cm³/mol. The number of hydrogen-bond acceptors (Lipinski definition) is 4. The number of rotatable bonds is 3. The van der Waals surface area contributed by atoms with Crippen molar-refractivity contribution in [3.05, 3.63) is 11.0 Å². The molecule has 126 valence electrons. The van der Waals surface area contributed by atoms with Gasteiger partial charge in [-0.1, -0.05) is 0 Å². The van der Waals surface area contributed by atoms with Crippen LogP contribution in [0.1, 0.15) is 34.1 Å². The van der Waals surface area contributed by atoms with Gasteiger partial charge in [0.1, 0.15) is 5.60 Å². The third kappa shape index (κ3) is 7.17. The van der Waals surface area contributed by atoms with Crippen LogP contribution in [0.3, 0.4) is 0 Å². The van der Waals surface area contributed by atoms with Gasteiger partial charge in [0.05, 0.1) is 13.2 Å². The summed E-state index contributed by atoms with van der Waals surface area (Å²) in [7, 11) is 0. The predicted octanol–water partition coefficient (Wildman–Crippen LogP) is -0.122. The van der Waals surface area contributed by atoms with E-state index in [4.69, 9.17) is 4.74 Å². The zero-order valence-corrected chi connectivity index (χ0v) is 17.2.